The van der Waals surface area contributed by atoms with E-state index in [1.165, 1.54) is 25.6 Å². The normalized spacial score (nSPS) is 9.90. The topological polar surface area (TPSA) is 68.3 Å². The maximum atomic E-state index is 12.0. The van der Waals surface area contributed by atoms with Crippen molar-refractivity contribution in [1.82, 2.24) is 4.98 Å². The summed E-state index contributed by atoms with van der Waals surface area (Å²) in [6.45, 7) is 0. The van der Waals surface area contributed by atoms with Crippen LogP contribution in [0.25, 0.3) is 0 Å². The molecule has 1 amide bonds. The van der Waals surface area contributed by atoms with E-state index in [1.807, 2.05) is 0 Å². The van der Waals surface area contributed by atoms with Gasteiger partial charge >= 0.3 is 5.97 Å². The van der Waals surface area contributed by atoms with Crippen LogP contribution in [0.1, 0.15) is 20.7 Å². The van der Waals surface area contributed by atoms with Crippen LogP contribution in [0.2, 0.25) is 5.02 Å². The van der Waals surface area contributed by atoms with E-state index in [-0.39, 0.29) is 11.5 Å². The van der Waals surface area contributed by atoms with Gasteiger partial charge in [0.25, 0.3) is 5.91 Å². The number of ether oxygens (including phenoxy) is 1. The largest absolute Gasteiger partial charge is 0.465 e. The molecule has 5 nitrogen and oxygen atoms in total. The van der Waals surface area contributed by atoms with Crippen molar-refractivity contribution in [3.8, 4) is 0 Å². The van der Waals surface area contributed by atoms with Gasteiger partial charge in [0.05, 0.1) is 23.3 Å². The fourth-order valence-corrected chi connectivity index (χ4v) is 1.74. The highest BCUT2D eigenvalue weighted by molar-refractivity contribution is 6.34. The number of rotatable bonds is 3. The summed E-state index contributed by atoms with van der Waals surface area (Å²) in [4.78, 5) is 27.1. The summed E-state index contributed by atoms with van der Waals surface area (Å²) >= 11 is 5.91. The summed E-state index contributed by atoms with van der Waals surface area (Å²) in [7, 11) is 1.31. The zero-order valence-corrected chi connectivity index (χ0v) is 11.3. The van der Waals surface area contributed by atoms with E-state index >= 15 is 0 Å². The van der Waals surface area contributed by atoms with Crippen LogP contribution in [0, 0.1) is 0 Å². The standard InChI is InChI=1S/C14H11ClN2O3/c1-20-14(19)9-2-4-10(5-3-9)17-13(18)11-8-16-7-6-12(11)15/h2-8H,1H3,(H,17,18). The fourth-order valence-electron chi connectivity index (χ4n) is 1.55. The first-order chi connectivity index (χ1) is 9.61. The lowest BCUT2D eigenvalue weighted by Crippen LogP contribution is -2.13. The molecule has 1 aromatic heterocycles. The molecule has 2 aromatic rings. The van der Waals surface area contributed by atoms with E-state index in [0.29, 0.717) is 16.3 Å². The SMILES string of the molecule is COC(=O)c1ccc(NC(=O)c2cnccc2Cl)cc1. The number of anilines is 1. The lowest BCUT2D eigenvalue weighted by Gasteiger charge is -2.06. The van der Waals surface area contributed by atoms with Gasteiger partial charge in [0.2, 0.25) is 0 Å². The molecule has 0 aliphatic carbocycles. The van der Waals surface area contributed by atoms with Crippen molar-refractivity contribution in [2.24, 2.45) is 0 Å². The number of amides is 1. The van der Waals surface area contributed by atoms with E-state index in [2.05, 4.69) is 15.0 Å². The lowest BCUT2D eigenvalue weighted by atomic mass is 10.2. The molecule has 0 saturated heterocycles. The van der Waals surface area contributed by atoms with Crippen LogP contribution in [0.3, 0.4) is 0 Å². The summed E-state index contributed by atoms with van der Waals surface area (Å²) in [6, 6.07) is 7.87. The van der Waals surface area contributed by atoms with Crippen LogP contribution in [-0.2, 0) is 4.74 Å². The minimum atomic E-state index is -0.432. The number of nitrogens with zero attached hydrogens (tertiary/aromatic N) is 1. The summed E-state index contributed by atoms with van der Waals surface area (Å²) in [5.74, 6) is -0.799. The van der Waals surface area contributed by atoms with Gasteiger partial charge < -0.3 is 10.1 Å². The molecule has 20 heavy (non-hydrogen) atoms. The van der Waals surface area contributed by atoms with E-state index in [4.69, 9.17) is 11.6 Å². The fraction of sp³-hybridized carbons (Fsp3) is 0.0714. The number of benzene rings is 1. The van der Waals surface area contributed by atoms with Gasteiger partial charge in [-0.2, -0.15) is 0 Å². The third kappa shape index (κ3) is 3.13. The smallest absolute Gasteiger partial charge is 0.337 e. The van der Waals surface area contributed by atoms with Gasteiger partial charge in [-0.1, -0.05) is 11.6 Å². The molecule has 6 heteroatoms. The van der Waals surface area contributed by atoms with Crippen molar-refractivity contribution in [2.75, 3.05) is 12.4 Å². The minimum Gasteiger partial charge on any atom is -0.465 e. The number of carbonyl (C=O) groups is 2. The van der Waals surface area contributed by atoms with Gasteiger partial charge in [0.15, 0.2) is 0 Å². The zero-order chi connectivity index (χ0) is 14.5. The highest BCUT2D eigenvalue weighted by Crippen LogP contribution is 2.16. The molecular weight excluding hydrogens is 280 g/mol. The highest BCUT2D eigenvalue weighted by atomic mass is 35.5. The van der Waals surface area contributed by atoms with E-state index < -0.39 is 5.97 Å². The first kappa shape index (κ1) is 14.0. The van der Waals surface area contributed by atoms with Crippen LogP contribution in [0.15, 0.2) is 42.7 Å². The maximum Gasteiger partial charge on any atom is 0.337 e. The Labute approximate surface area is 120 Å². The Morgan fingerprint density at radius 1 is 1.20 bits per heavy atom. The molecule has 1 N–H and O–H groups in total. The Kier molecular flexibility index (Phi) is 4.32. The second-order valence-electron chi connectivity index (χ2n) is 3.88. The van der Waals surface area contributed by atoms with Gasteiger partial charge in [-0.15, -0.1) is 0 Å². The van der Waals surface area contributed by atoms with Crippen LogP contribution in [0.4, 0.5) is 5.69 Å². The number of pyridine rings is 1. The molecule has 0 aliphatic heterocycles. The van der Waals surface area contributed by atoms with Crippen molar-refractivity contribution in [3.63, 3.8) is 0 Å². The Morgan fingerprint density at radius 3 is 2.50 bits per heavy atom. The van der Waals surface area contributed by atoms with Gasteiger partial charge in [0, 0.05) is 18.1 Å². The van der Waals surface area contributed by atoms with E-state index in [0.717, 1.165) is 0 Å². The molecule has 0 atom stereocenters. The number of halogens is 1. The number of carbonyl (C=O) groups excluding carboxylic acids is 2. The van der Waals surface area contributed by atoms with E-state index in [1.54, 1.807) is 24.3 Å². The second kappa shape index (κ2) is 6.16. The maximum absolute atomic E-state index is 12.0. The second-order valence-corrected chi connectivity index (χ2v) is 4.29. The molecule has 2 rings (SSSR count). The minimum absolute atomic E-state index is 0.284. The Bertz CT molecular complexity index is 641. The molecule has 1 aromatic carbocycles. The number of hydrogen-bond donors (Lipinski definition) is 1. The molecule has 0 fully saturated rings. The Balaban J connectivity index is 2.13. The molecule has 0 spiro atoms. The monoisotopic (exact) mass is 290 g/mol. The molecule has 0 unspecified atom stereocenters. The van der Waals surface area contributed by atoms with Crippen LogP contribution < -0.4 is 5.32 Å². The first-order valence-corrected chi connectivity index (χ1v) is 6.09. The number of nitrogens with one attached hydrogen (secondary N) is 1. The average Bonchev–Trinajstić information content (AvgIpc) is 2.47. The number of hydrogen-bond acceptors (Lipinski definition) is 4. The Hall–Kier alpha value is -2.40. The summed E-state index contributed by atoms with van der Waals surface area (Å²) in [6.07, 6.45) is 2.89. The van der Waals surface area contributed by atoms with Crippen molar-refractivity contribution in [2.45, 2.75) is 0 Å². The van der Waals surface area contributed by atoms with Crippen molar-refractivity contribution in [3.05, 3.63) is 58.9 Å². The molecule has 102 valence electrons. The molecule has 0 aliphatic rings. The van der Waals surface area contributed by atoms with Crippen molar-refractivity contribution < 1.29 is 14.3 Å². The van der Waals surface area contributed by atoms with Crippen LogP contribution in [-0.4, -0.2) is 24.0 Å². The van der Waals surface area contributed by atoms with E-state index in [9.17, 15) is 9.59 Å². The predicted octanol–water partition coefficient (Wildman–Crippen LogP) is 2.77. The molecule has 1 heterocycles. The summed E-state index contributed by atoms with van der Waals surface area (Å²) in [5.41, 5.74) is 1.23. The van der Waals surface area contributed by atoms with Crippen molar-refractivity contribution >= 4 is 29.2 Å². The third-order valence-electron chi connectivity index (χ3n) is 2.58. The van der Waals surface area contributed by atoms with Gasteiger partial charge in [-0.05, 0) is 30.3 Å². The molecular formula is C14H11ClN2O3. The highest BCUT2D eigenvalue weighted by Gasteiger charge is 2.11. The lowest BCUT2D eigenvalue weighted by molar-refractivity contribution is 0.0600. The number of methoxy groups -OCH3 is 1. The molecule has 0 radical (unpaired) electrons. The van der Waals surface area contributed by atoms with Crippen LogP contribution >= 0.6 is 11.6 Å². The first-order valence-electron chi connectivity index (χ1n) is 5.71. The summed E-state index contributed by atoms with van der Waals surface area (Å²) in [5, 5.41) is 2.99. The zero-order valence-electron chi connectivity index (χ0n) is 10.6. The van der Waals surface area contributed by atoms with Gasteiger partial charge in [-0.25, -0.2) is 4.79 Å². The third-order valence-corrected chi connectivity index (χ3v) is 2.91. The van der Waals surface area contributed by atoms with Crippen molar-refractivity contribution in [1.29, 1.82) is 0 Å². The Morgan fingerprint density at radius 2 is 1.90 bits per heavy atom. The number of aromatic nitrogens is 1. The van der Waals surface area contributed by atoms with Crippen LogP contribution in [0.5, 0.6) is 0 Å². The van der Waals surface area contributed by atoms with Gasteiger partial charge in [0.1, 0.15) is 0 Å². The quantitative estimate of drug-likeness (QED) is 0.883. The van der Waals surface area contributed by atoms with Gasteiger partial charge in [-0.3, -0.25) is 9.78 Å². The summed E-state index contributed by atoms with van der Waals surface area (Å²) < 4.78 is 4.59. The molecule has 0 bridgehead atoms. The number of esters is 1. The predicted molar refractivity (Wildman–Crippen MR) is 75.0 cm³/mol. The molecule has 0 saturated carbocycles. The average molecular weight is 291 g/mol.